The van der Waals surface area contributed by atoms with Gasteiger partial charge >= 0.3 is 29.6 Å². The molecule has 1 atom stereocenters. The van der Waals surface area contributed by atoms with Gasteiger partial charge in [-0.2, -0.15) is 0 Å². The first-order chi connectivity index (χ1) is 4.79. The molecule has 3 nitrogen and oxygen atoms in total. The van der Waals surface area contributed by atoms with Crippen LogP contribution in [-0.4, -0.2) is 8.76 Å². The quantitative estimate of drug-likeness (QED) is 0.417. The average molecular weight is 179 g/mol. The second-order valence-corrected chi connectivity index (χ2v) is 2.38. The minimum Gasteiger partial charge on any atom is -0.755 e. The van der Waals surface area contributed by atoms with Gasteiger partial charge in [-0.05, 0) is 12.1 Å². The Morgan fingerprint density at radius 3 is 2.27 bits per heavy atom. The van der Waals surface area contributed by atoms with Gasteiger partial charge in [-0.15, -0.1) is 0 Å². The van der Waals surface area contributed by atoms with Crippen molar-refractivity contribution in [2.45, 2.75) is 0 Å². The molecule has 1 aromatic rings. The summed E-state index contributed by atoms with van der Waals surface area (Å²) >= 11 is -2.22. The van der Waals surface area contributed by atoms with Gasteiger partial charge < -0.3 is 9.27 Å². The minimum atomic E-state index is -2.22. The fourth-order valence-electron chi connectivity index (χ4n) is 0.602. The van der Waals surface area contributed by atoms with E-state index in [1.54, 1.807) is 24.3 Å². The van der Waals surface area contributed by atoms with E-state index in [2.05, 4.69) is 4.72 Å². The Hall–Kier alpha value is 0.130. The summed E-state index contributed by atoms with van der Waals surface area (Å²) in [5, 5.41) is 0. The Kier molecular flexibility index (Phi) is 5.81. The van der Waals surface area contributed by atoms with E-state index in [-0.39, 0.29) is 29.6 Å². The first-order valence-corrected chi connectivity index (χ1v) is 3.77. The normalized spacial score (nSPS) is 11.4. The fraction of sp³-hybridized carbons (Fsp3) is 0. The number of rotatable bonds is 2. The van der Waals surface area contributed by atoms with Crippen LogP contribution in [0.25, 0.3) is 0 Å². The molecule has 0 saturated heterocycles. The van der Waals surface area contributed by atoms with Crippen LogP contribution in [0.15, 0.2) is 30.3 Å². The molecule has 5 heteroatoms. The van der Waals surface area contributed by atoms with Crippen LogP contribution in [0.3, 0.4) is 0 Å². The molecule has 0 spiro atoms. The van der Waals surface area contributed by atoms with Crippen molar-refractivity contribution >= 4 is 17.0 Å². The standard InChI is InChI=1S/C6H7NO2S.Na/c8-10(9)7-6-4-2-1-3-5-6;/h1-5,7H,(H,8,9);/q;+1/p-1. The zero-order valence-corrected chi connectivity index (χ0v) is 8.93. The molecule has 0 heterocycles. The van der Waals surface area contributed by atoms with Gasteiger partial charge in [-0.25, -0.2) is 0 Å². The molecule has 54 valence electrons. The third kappa shape index (κ3) is 4.55. The van der Waals surface area contributed by atoms with Gasteiger partial charge in [-0.1, -0.05) is 18.2 Å². The van der Waals surface area contributed by atoms with Crippen molar-refractivity contribution in [3.8, 4) is 0 Å². The van der Waals surface area contributed by atoms with E-state index in [1.165, 1.54) is 0 Å². The van der Waals surface area contributed by atoms with Crippen molar-refractivity contribution < 1.29 is 38.3 Å². The number of anilines is 1. The Labute approximate surface area is 89.9 Å². The summed E-state index contributed by atoms with van der Waals surface area (Å²) in [7, 11) is 0. The molecule has 1 N–H and O–H groups in total. The maximum absolute atomic E-state index is 10.1. The van der Waals surface area contributed by atoms with Gasteiger partial charge in [0.1, 0.15) is 0 Å². The summed E-state index contributed by atoms with van der Waals surface area (Å²) < 4.78 is 22.3. The van der Waals surface area contributed by atoms with Crippen LogP contribution < -0.4 is 34.3 Å². The van der Waals surface area contributed by atoms with Gasteiger partial charge in [-0.3, -0.25) is 4.21 Å². The minimum absolute atomic E-state index is 0. The van der Waals surface area contributed by atoms with Gasteiger partial charge in [0, 0.05) is 17.0 Å². The molecule has 0 aliphatic rings. The summed E-state index contributed by atoms with van der Waals surface area (Å²) in [6.07, 6.45) is 0. The number of hydrogen-bond donors (Lipinski definition) is 1. The number of nitrogens with one attached hydrogen (secondary N) is 1. The molecule has 11 heavy (non-hydrogen) atoms. The monoisotopic (exact) mass is 179 g/mol. The first-order valence-electron chi connectivity index (χ1n) is 2.70. The number of hydrogen-bond acceptors (Lipinski definition) is 2. The van der Waals surface area contributed by atoms with E-state index in [0.29, 0.717) is 5.69 Å². The molecule has 0 bridgehead atoms. The summed E-state index contributed by atoms with van der Waals surface area (Å²) in [4.78, 5) is 0. The largest absolute Gasteiger partial charge is 1.00 e. The zero-order chi connectivity index (χ0) is 7.40. The van der Waals surface area contributed by atoms with Crippen LogP contribution in [-0.2, 0) is 11.3 Å². The molecule has 1 aromatic carbocycles. The fourth-order valence-corrected chi connectivity index (χ4v) is 0.931. The van der Waals surface area contributed by atoms with E-state index in [0.717, 1.165) is 0 Å². The van der Waals surface area contributed by atoms with Crippen molar-refractivity contribution in [1.29, 1.82) is 0 Å². The second-order valence-electron chi connectivity index (χ2n) is 1.70. The molecule has 0 fully saturated rings. The molecular weight excluding hydrogens is 173 g/mol. The maximum atomic E-state index is 10.1. The predicted molar refractivity (Wildman–Crippen MR) is 39.0 cm³/mol. The van der Waals surface area contributed by atoms with Crippen LogP contribution in [0, 0.1) is 0 Å². The van der Waals surface area contributed by atoms with Crippen LogP contribution in [0.4, 0.5) is 5.69 Å². The average Bonchev–Trinajstić information content (AvgIpc) is 1.88. The van der Waals surface area contributed by atoms with Gasteiger partial charge in [0.25, 0.3) is 0 Å². The number of benzene rings is 1. The molecule has 0 saturated carbocycles. The molecule has 0 aliphatic heterocycles. The van der Waals surface area contributed by atoms with E-state index in [4.69, 9.17) is 0 Å². The van der Waals surface area contributed by atoms with Crippen LogP contribution in [0.2, 0.25) is 0 Å². The SMILES string of the molecule is O=S([O-])Nc1ccccc1.[Na+]. The van der Waals surface area contributed by atoms with Crippen molar-refractivity contribution in [2.75, 3.05) is 4.72 Å². The first kappa shape index (κ1) is 11.1. The Morgan fingerprint density at radius 2 is 1.82 bits per heavy atom. The predicted octanol–water partition coefficient (Wildman–Crippen LogP) is -2.10. The van der Waals surface area contributed by atoms with Crippen molar-refractivity contribution in [3.05, 3.63) is 30.3 Å². The molecule has 0 amide bonds. The van der Waals surface area contributed by atoms with Crippen LogP contribution in [0.5, 0.6) is 0 Å². The molecule has 1 unspecified atom stereocenters. The van der Waals surface area contributed by atoms with Crippen molar-refractivity contribution in [2.24, 2.45) is 0 Å². The van der Waals surface area contributed by atoms with E-state index in [9.17, 15) is 8.76 Å². The molecule has 0 aliphatic carbocycles. The van der Waals surface area contributed by atoms with Crippen LogP contribution >= 0.6 is 0 Å². The Bertz CT molecular complexity index is 229. The van der Waals surface area contributed by atoms with Gasteiger partial charge in [0.05, 0.1) is 0 Å². The Balaban J connectivity index is 0.000001000. The maximum Gasteiger partial charge on any atom is 1.00 e. The topological polar surface area (TPSA) is 52.2 Å². The molecular formula is C6H6NNaO2S. The van der Waals surface area contributed by atoms with Crippen molar-refractivity contribution in [3.63, 3.8) is 0 Å². The molecule has 0 aromatic heterocycles. The van der Waals surface area contributed by atoms with Gasteiger partial charge in [0.2, 0.25) is 0 Å². The molecule has 1 rings (SSSR count). The van der Waals surface area contributed by atoms with Gasteiger partial charge in [0.15, 0.2) is 0 Å². The van der Waals surface area contributed by atoms with Crippen molar-refractivity contribution in [1.82, 2.24) is 0 Å². The van der Waals surface area contributed by atoms with E-state index >= 15 is 0 Å². The molecule has 0 radical (unpaired) electrons. The Morgan fingerprint density at radius 1 is 1.27 bits per heavy atom. The zero-order valence-electron chi connectivity index (χ0n) is 6.11. The van der Waals surface area contributed by atoms with Crippen LogP contribution in [0.1, 0.15) is 0 Å². The summed E-state index contributed by atoms with van der Waals surface area (Å²) in [5.41, 5.74) is 0.579. The smallest absolute Gasteiger partial charge is 0.755 e. The summed E-state index contributed by atoms with van der Waals surface area (Å²) in [6.45, 7) is 0. The third-order valence-corrected chi connectivity index (χ3v) is 1.38. The second kappa shape index (κ2) is 5.74. The third-order valence-electron chi connectivity index (χ3n) is 0.975. The summed E-state index contributed by atoms with van der Waals surface area (Å²) in [5.74, 6) is 0. The summed E-state index contributed by atoms with van der Waals surface area (Å²) in [6, 6.07) is 8.69. The van der Waals surface area contributed by atoms with E-state index < -0.39 is 11.3 Å². The number of para-hydroxylation sites is 1. The van der Waals surface area contributed by atoms with E-state index in [1.807, 2.05) is 6.07 Å².